The summed E-state index contributed by atoms with van der Waals surface area (Å²) in [6.07, 6.45) is 2.74. The maximum atomic E-state index is 14.1. The average Bonchev–Trinajstić information content (AvgIpc) is 3.69. The maximum Gasteiger partial charge on any atom is 0.320 e. The van der Waals surface area contributed by atoms with Crippen molar-refractivity contribution in [1.29, 1.82) is 0 Å². The molecule has 0 radical (unpaired) electrons. The van der Waals surface area contributed by atoms with Crippen LogP contribution in [-0.2, 0) is 19.4 Å². The van der Waals surface area contributed by atoms with E-state index in [-0.39, 0.29) is 18.0 Å². The van der Waals surface area contributed by atoms with Gasteiger partial charge in [0.05, 0.1) is 23.1 Å². The van der Waals surface area contributed by atoms with Crippen molar-refractivity contribution in [3.63, 3.8) is 0 Å². The fourth-order valence-corrected chi connectivity index (χ4v) is 5.75. The normalized spacial score (nSPS) is 19.2. The number of benzene rings is 2. The zero-order valence-electron chi connectivity index (χ0n) is 19.9. The Labute approximate surface area is 216 Å². The first-order valence-corrected chi connectivity index (χ1v) is 13.1. The van der Waals surface area contributed by atoms with Crippen LogP contribution >= 0.6 is 11.5 Å². The summed E-state index contributed by atoms with van der Waals surface area (Å²) in [5.41, 5.74) is 4.40. The number of nitrogens with zero attached hydrogens (tertiary/aromatic N) is 5. The number of anilines is 1. The Morgan fingerprint density at radius 1 is 1.08 bits per heavy atom. The lowest BCUT2D eigenvalue weighted by Crippen LogP contribution is -2.42. The average molecular weight is 522 g/mol. The monoisotopic (exact) mass is 521 g/mol. The van der Waals surface area contributed by atoms with Gasteiger partial charge in [0.15, 0.2) is 11.6 Å². The van der Waals surface area contributed by atoms with E-state index in [0.29, 0.717) is 31.0 Å². The third kappa shape index (κ3) is 4.84. The first-order valence-electron chi connectivity index (χ1n) is 12.2. The zero-order chi connectivity index (χ0) is 25.4. The maximum absolute atomic E-state index is 14.1. The molecule has 2 aromatic carbocycles. The first kappa shape index (κ1) is 23.7. The molecule has 2 atom stereocenters. The van der Waals surface area contributed by atoms with Gasteiger partial charge in [-0.25, -0.2) is 18.3 Å². The minimum atomic E-state index is -0.898. The summed E-state index contributed by atoms with van der Waals surface area (Å²) in [7, 11) is 0. The van der Waals surface area contributed by atoms with Crippen LogP contribution in [0.3, 0.4) is 0 Å². The summed E-state index contributed by atoms with van der Waals surface area (Å²) in [6, 6.07) is 13.0. The highest BCUT2D eigenvalue weighted by molar-refractivity contribution is 7.03. The number of fused-ring (bicyclic) bond motifs is 1. The lowest BCUT2D eigenvalue weighted by molar-refractivity contribution is 0.246. The summed E-state index contributed by atoms with van der Waals surface area (Å²) >= 11 is 1.28. The number of carbonyl (C=O) groups excluding carboxylic acids is 1. The van der Waals surface area contributed by atoms with E-state index in [4.69, 9.17) is 5.10 Å². The molecule has 2 amide bonds. The third-order valence-corrected chi connectivity index (χ3v) is 7.57. The Balaban J connectivity index is 1.24. The van der Waals surface area contributed by atoms with E-state index in [0.717, 1.165) is 48.0 Å². The van der Waals surface area contributed by atoms with Crippen molar-refractivity contribution in [2.24, 2.45) is 0 Å². The number of amides is 2. The van der Waals surface area contributed by atoms with Crippen molar-refractivity contribution >= 4 is 23.4 Å². The Morgan fingerprint density at radius 2 is 1.95 bits per heavy atom. The lowest BCUT2D eigenvalue weighted by atomic mass is 9.94. The number of rotatable bonds is 6. The van der Waals surface area contributed by atoms with Crippen molar-refractivity contribution < 1.29 is 13.6 Å². The van der Waals surface area contributed by atoms with Gasteiger partial charge < -0.3 is 5.32 Å². The number of hydrogen-bond donors (Lipinski definition) is 2. The molecular weight excluding hydrogens is 496 g/mol. The number of aromatic nitrogens is 4. The second kappa shape index (κ2) is 9.98. The largest absolute Gasteiger partial charge is 0.333 e. The summed E-state index contributed by atoms with van der Waals surface area (Å²) < 4.78 is 33.4. The van der Waals surface area contributed by atoms with Gasteiger partial charge in [-0.1, -0.05) is 28.8 Å². The van der Waals surface area contributed by atoms with Crippen molar-refractivity contribution in [2.75, 3.05) is 18.4 Å². The van der Waals surface area contributed by atoms with E-state index in [1.807, 2.05) is 35.7 Å². The predicted octanol–water partition coefficient (Wildman–Crippen LogP) is 4.28. The molecule has 0 bridgehead atoms. The Kier molecular flexibility index (Phi) is 6.39. The fourth-order valence-electron chi connectivity index (χ4n) is 5.31. The molecule has 1 aliphatic carbocycles. The van der Waals surface area contributed by atoms with Gasteiger partial charge in [0, 0.05) is 36.5 Å². The molecule has 2 aromatic heterocycles. The molecule has 1 saturated heterocycles. The lowest BCUT2D eigenvalue weighted by Gasteiger charge is -2.21. The molecule has 4 aromatic rings. The Hall–Kier alpha value is -3.70. The van der Waals surface area contributed by atoms with Gasteiger partial charge in [-0.2, -0.15) is 5.10 Å². The smallest absolute Gasteiger partial charge is 0.320 e. The molecule has 11 heteroatoms. The van der Waals surface area contributed by atoms with Gasteiger partial charge in [-0.15, -0.1) is 5.10 Å². The van der Waals surface area contributed by atoms with Crippen LogP contribution in [0.5, 0.6) is 0 Å². The van der Waals surface area contributed by atoms with Crippen molar-refractivity contribution in [2.45, 2.75) is 37.8 Å². The number of aryl methyl sites for hydroxylation is 1. The predicted molar refractivity (Wildman–Crippen MR) is 136 cm³/mol. The van der Waals surface area contributed by atoms with Gasteiger partial charge in [-0.05, 0) is 60.6 Å². The highest BCUT2D eigenvalue weighted by Gasteiger charge is 2.36. The number of hydrogen-bond acceptors (Lipinski definition) is 6. The quantitative estimate of drug-likeness (QED) is 0.396. The Bertz CT molecular complexity index is 1410. The van der Waals surface area contributed by atoms with E-state index in [1.165, 1.54) is 17.6 Å². The molecule has 8 nitrogen and oxygen atoms in total. The summed E-state index contributed by atoms with van der Waals surface area (Å²) in [5, 5.41) is 16.9. The van der Waals surface area contributed by atoms with Crippen LogP contribution in [0.1, 0.15) is 34.9 Å². The van der Waals surface area contributed by atoms with Crippen LogP contribution in [0.15, 0.2) is 53.9 Å². The van der Waals surface area contributed by atoms with E-state index in [1.54, 1.807) is 10.7 Å². The number of carbonyl (C=O) groups is 1. The molecule has 1 aliphatic heterocycles. The molecule has 1 fully saturated rings. The van der Waals surface area contributed by atoms with Gasteiger partial charge in [-0.3, -0.25) is 10.2 Å². The Morgan fingerprint density at radius 3 is 2.73 bits per heavy atom. The molecule has 2 unspecified atom stereocenters. The highest BCUT2D eigenvalue weighted by Crippen LogP contribution is 2.32. The summed E-state index contributed by atoms with van der Waals surface area (Å²) in [6.45, 7) is 1.65. The molecular formula is C26H25F2N7OS. The van der Waals surface area contributed by atoms with Crippen LogP contribution in [0.4, 0.5) is 19.4 Å². The molecule has 0 spiro atoms. The van der Waals surface area contributed by atoms with Gasteiger partial charge >= 0.3 is 6.03 Å². The van der Waals surface area contributed by atoms with Crippen molar-refractivity contribution in [1.82, 2.24) is 29.6 Å². The van der Waals surface area contributed by atoms with E-state index >= 15 is 0 Å². The van der Waals surface area contributed by atoms with E-state index in [9.17, 15) is 13.6 Å². The number of likely N-dealkylation sites (tertiary alicyclic amines) is 1. The minimum absolute atomic E-state index is 0.225. The molecule has 2 aliphatic rings. The highest BCUT2D eigenvalue weighted by atomic mass is 32.1. The van der Waals surface area contributed by atoms with E-state index in [2.05, 4.69) is 25.1 Å². The van der Waals surface area contributed by atoms with Gasteiger partial charge in [0.2, 0.25) is 0 Å². The molecule has 37 heavy (non-hydrogen) atoms. The van der Waals surface area contributed by atoms with Crippen molar-refractivity contribution in [3.05, 3.63) is 88.1 Å². The number of para-hydroxylation sites is 1. The minimum Gasteiger partial charge on any atom is -0.333 e. The van der Waals surface area contributed by atoms with Crippen LogP contribution < -0.4 is 10.6 Å². The van der Waals surface area contributed by atoms with Crippen LogP contribution in [0, 0.1) is 11.6 Å². The molecule has 0 saturated carbocycles. The summed E-state index contributed by atoms with van der Waals surface area (Å²) in [4.78, 5) is 15.5. The van der Waals surface area contributed by atoms with Crippen molar-refractivity contribution in [3.8, 4) is 5.69 Å². The van der Waals surface area contributed by atoms with Crippen LogP contribution in [0.2, 0.25) is 0 Å². The second-order valence-corrected chi connectivity index (χ2v) is 10.1. The topological polar surface area (TPSA) is 88.0 Å². The number of halogens is 2. The molecule has 3 heterocycles. The second-order valence-electron chi connectivity index (χ2n) is 9.45. The third-order valence-electron chi connectivity index (χ3n) is 7.01. The van der Waals surface area contributed by atoms with Crippen LogP contribution in [0.25, 0.3) is 5.69 Å². The first-order chi connectivity index (χ1) is 18.0. The van der Waals surface area contributed by atoms with Gasteiger partial charge in [0.25, 0.3) is 0 Å². The molecule has 2 N–H and O–H groups in total. The zero-order valence-corrected chi connectivity index (χ0v) is 20.7. The fraction of sp³-hybridized carbons (Fsp3) is 0.308. The SMILES string of the molecule is O=C(Nc1c2c(nn1-c1ccccc1)CCC2)NC1CN(Cc2csnn2)CC1c1ccc(F)c(F)c1. The van der Waals surface area contributed by atoms with Crippen LogP contribution in [-0.4, -0.2) is 49.4 Å². The summed E-state index contributed by atoms with van der Waals surface area (Å²) in [5.74, 6) is -1.34. The molecule has 190 valence electrons. The molecule has 6 rings (SSSR count). The standard InChI is InChI=1S/C26H25F2N7OS/c27-21-10-9-16(11-22(21)28)20-13-34(12-17-15-37-33-31-17)14-24(20)29-26(36)30-25-19-7-4-8-23(19)32-35(25)18-5-2-1-3-6-18/h1-3,5-6,9-11,15,20,24H,4,7-8,12-14H2,(H2,29,30,36). The number of nitrogens with one attached hydrogen (secondary N) is 2. The van der Waals surface area contributed by atoms with Gasteiger partial charge in [0.1, 0.15) is 5.82 Å². The van der Waals surface area contributed by atoms with E-state index < -0.39 is 11.6 Å². The number of urea groups is 1.